The molecule has 1 atom stereocenters. The predicted molar refractivity (Wildman–Crippen MR) is 76.9 cm³/mol. The van der Waals surface area contributed by atoms with Gasteiger partial charge in [0.05, 0.1) is 12.8 Å². The van der Waals surface area contributed by atoms with Crippen molar-refractivity contribution in [3.63, 3.8) is 0 Å². The van der Waals surface area contributed by atoms with E-state index in [1.54, 1.807) is 12.0 Å². The Labute approximate surface area is 119 Å². The summed E-state index contributed by atoms with van der Waals surface area (Å²) < 4.78 is 5.19. The molecule has 5 nitrogen and oxygen atoms in total. The van der Waals surface area contributed by atoms with Crippen LogP contribution in [0.25, 0.3) is 0 Å². The molecule has 0 aromatic heterocycles. The van der Waals surface area contributed by atoms with Gasteiger partial charge in [0.15, 0.2) is 0 Å². The van der Waals surface area contributed by atoms with Gasteiger partial charge in [0.2, 0.25) is 6.10 Å². The summed E-state index contributed by atoms with van der Waals surface area (Å²) in [6.45, 7) is 5.29. The topological polar surface area (TPSA) is 51.1 Å². The Bertz CT molecular complexity index is 510. The number of ether oxygens (including phenoxy) is 1. The molecule has 0 aliphatic carbocycles. The highest BCUT2D eigenvalue weighted by Gasteiger charge is 2.31. The molecule has 0 radical (unpaired) electrons. The first kappa shape index (κ1) is 14.4. The molecule has 0 bridgehead atoms. The highest BCUT2D eigenvalue weighted by atomic mass is 16.6. The summed E-state index contributed by atoms with van der Waals surface area (Å²) in [5, 5.41) is 4.05. The van der Waals surface area contributed by atoms with Gasteiger partial charge in [-0.15, -0.1) is 0 Å². The van der Waals surface area contributed by atoms with Crippen molar-refractivity contribution in [1.82, 2.24) is 4.90 Å². The molecule has 2 rings (SSSR count). The van der Waals surface area contributed by atoms with Crippen molar-refractivity contribution < 1.29 is 14.4 Å². The van der Waals surface area contributed by atoms with Gasteiger partial charge in [-0.05, 0) is 26.0 Å². The van der Waals surface area contributed by atoms with E-state index in [1.165, 1.54) is 0 Å². The lowest BCUT2D eigenvalue weighted by atomic mass is 10.0. The zero-order valence-electron chi connectivity index (χ0n) is 12.1. The van der Waals surface area contributed by atoms with Gasteiger partial charge in [-0.25, -0.2) is 0 Å². The largest absolute Gasteiger partial charge is 0.497 e. The molecule has 1 unspecified atom stereocenters. The van der Waals surface area contributed by atoms with E-state index < -0.39 is 6.10 Å². The Hall–Kier alpha value is -2.04. The van der Waals surface area contributed by atoms with E-state index in [-0.39, 0.29) is 5.91 Å². The van der Waals surface area contributed by atoms with Crippen molar-refractivity contribution >= 4 is 11.6 Å². The van der Waals surface area contributed by atoms with Gasteiger partial charge < -0.3 is 14.5 Å². The van der Waals surface area contributed by atoms with E-state index in [0.717, 1.165) is 17.0 Å². The number of oxime groups is 1. The van der Waals surface area contributed by atoms with E-state index in [2.05, 4.69) is 5.16 Å². The molecule has 1 aromatic carbocycles. The van der Waals surface area contributed by atoms with E-state index in [0.29, 0.717) is 19.5 Å². The summed E-state index contributed by atoms with van der Waals surface area (Å²) in [5.41, 5.74) is 1.72. The van der Waals surface area contributed by atoms with Crippen molar-refractivity contribution in [2.45, 2.75) is 26.4 Å². The van der Waals surface area contributed by atoms with Crippen molar-refractivity contribution in [2.24, 2.45) is 5.16 Å². The fraction of sp³-hybridized carbons (Fsp3) is 0.467. The molecule has 1 aromatic rings. The van der Waals surface area contributed by atoms with Crippen LogP contribution >= 0.6 is 0 Å². The standard InChI is InChI=1S/C15H20N2O3/c1-4-17(5-2)15(18)14-10-13(16-20-14)11-7-6-8-12(9-11)19-3/h6-9,14H,4-5,10H2,1-3H3. The maximum absolute atomic E-state index is 12.2. The first-order valence-electron chi connectivity index (χ1n) is 6.85. The zero-order valence-corrected chi connectivity index (χ0v) is 12.1. The van der Waals surface area contributed by atoms with Crippen molar-refractivity contribution in [3.8, 4) is 5.75 Å². The maximum Gasteiger partial charge on any atom is 0.266 e. The second-order valence-corrected chi connectivity index (χ2v) is 4.58. The normalized spacial score (nSPS) is 17.4. The molecule has 1 aliphatic heterocycles. The van der Waals surface area contributed by atoms with Crippen LogP contribution in [0.1, 0.15) is 25.8 Å². The minimum absolute atomic E-state index is 0.00311. The van der Waals surface area contributed by atoms with Gasteiger partial charge in [-0.1, -0.05) is 17.3 Å². The smallest absolute Gasteiger partial charge is 0.266 e. The molecule has 1 heterocycles. The average Bonchev–Trinajstić information content (AvgIpc) is 2.98. The van der Waals surface area contributed by atoms with Gasteiger partial charge in [0, 0.05) is 25.1 Å². The number of carbonyl (C=O) groups is 1. The Morgan fingerprint density at radius 3 is 2.85 bits per heavy atom. The molecule has 1 aliphatic rings. The quantitative estimate of drug-likeness (QED) is 0.827. The first-order valence-corrected chi connectivity index (χ1v) is 6.85. The lowest BCUT2D eigenvalue weighted by molar-refractivity contribution is -0.141. The van der Waals surface area contributed by atoms with Crippen LogP contribution in [0.2, 0.25) is 0 Å². The molecular formula is C15H20N2O3. The molecule has 0 saturated heterocycles. The van der Waals surface area contributed by atoms with Gasteiger partial charge >= 0.3 is 0 Å². The third-order valence-electron chi connectivity index (χ3n) is 3.42. The average molecular weight is 276 g/mol. The summed E-state index contributed by atoms with van der Waals surface area (Å²) >= 11 is 0. The van der Waals surface area contributed by atoms with Gasteiger partial charge in [0.25, 0.3) is 5.91 Å². The highest BCUT2D eigenvalue weighted by Crippen LogP contribution is 2.21. The van der Waals surface area contributed by atoms with E-state index in [1.807, 2.05) is 38.1 Å². The van der Waals surface area contributed by atoms with Crippen LogP contribution in [-0.4, -0.2) is 42.8 Å². The number of methoxy groups -OCH3 is 1. The molecule has 0 saturated carbocycles. The van der Waals surface area contributed by atoms with Crippen molar-refractivity contribution in [2.75, 3.05) is 20.2 Å². The van der Waals surface area contributed by atoms with Crippen LogP contribution in [0.3, 0.4) is 0 Å². The summed E-state index contributed by atoms with van der Waals surface area (Å²) in [6.07, 6.45) is -0.00113. The Morgan fingerprint density at radius 1 is 1.45 bits per heavy atom. The van der Waals surface area contributed by atoms with Crippen LogP contribution in [0.4, 0.5) is 0 Å². The number of benzene rings is 1. The van der Waals surface area contributed by atoms with Crippen LogP contribution in [-0.2, 0) is 9.63 Å². The van der Waals surface area contributed by atoms with Gasteiger partial charge in [-0.2, -0.15) is 0 Å². The predicted octanol–water partition coefficient (Wildman–Crippen LogP) is 2.06. The number of rotatable bonds is 5. The molecule has 1 amide bonds. The Morgan fingerprint density at radius 2 is 2.20 bits per heavy atom. The molecule has 0 fully saturated rings. The van der Waals surface area contributed by atoms with E-state index in [9.17, 15) is 4.79 Å². The first-order chi connectivity index (χ1) is 9.69. The van der Waals surface area contributed by atoms with Crippen LogP contribution in [0, 0.1) is 0 Å². The minimum atomic E-state index is -0.504. The molecular weight excluding hydrogens is 256 g/mol. The molecule has 0 N–H and O–H groups in total. The lowest BCUT2D eigenvalue weighted by Gasteiger charge is -2.20. The number of amides is 1. The van der Waals surface area contributed by atoms with E-state index >= 15 is 0 Å². The number of nitrogens with zero attached hydrogens (tertiary/aromatic N) is 2. The number of hydrogen-bond donors (Lipinski definition) is 0. The van der Waals surface area contributed by atoms with Crippen LogP contribution in [0.15, 0.2) is 29.4 Å². The molecule has 108 valence electrons. The number of hydrogen-bond acceptors (Lipinski definition) is 4. The Balaban J connectivity index is 2.06. The van der Waals surface area contributed by atoms with Gasteiger partial charge in [0.1, 0.15) is 5.75 Å². The van der Waals surface area contributed by atoms with Crippen molar-refractivity contribution in [1.29, 1.82) is 0 Å². The summed E-state index contributed by atoms with van der Waals surface area (Å²) in [5.74, 6) is 0.764. The highest BCUT2D eigenvalue weighted by molar-refractivity contribution is 6.04. The van der Waals surface area contributed by atoms with Crippen LogP contribution in [0.5, 0.6) is 5.75 Å². The molecule has 5 heteroatoms. The monoisotopic (exact) mass is 276 g/mol. The summed E-state index contributed by atoms with van der Waals surface area (Å²) in [7, 11) is 1.62. The third kappa shape index (κ3) is 2.92. The minimum Gasteiger partial charge on any atom is -0.497 e. The number of likely N-dealkylation sites (N-methyl/N-ethyl adjacent to an activating group) is 1. The fourth-order valence-corrected chi connectivity index (χ4v) is 2.22. The molecule has 0 spiro atoms. The van der Waals surface area contributed by atoms with Gasteiger partial charge in [-0.3, -0.25) is 4.79 Å². The maximum atomic E-state index is 12.2. The van der Waals surface area contributed by atoms with Crippen molar-refractivity contribution in [3.05, 3.63) is 29.8 Å². The lowest BCUT2D eigenvalue weighted by Crippen LogP contribution is -2.39. The fourth-order valence-electron chi connectivity index (χ4n) is 2.22. The molecule has 20 heavy (non-hydrogen) atoms. The van der Waals surface area contributed by atoms with E-state index in [4.69, 9.17) is 9.57 Å². The van der Waals surface area contributed by atoms with Crippen LogP contribution < -0.4 is 4.74 Å². The Kier molecular flexibility index (Phi) is 4.61. The second-order valence-electron chi connectivity index (χ2n) is 4.58. The third-order valence-corrected chi connectivity index (χ3v) is 3.42. The summed E-state index contributed by atoms with van der Waals surface area (Å²) in [6, 6.07) is 7.61. The zero-order chi connectivity index (χ0) is 14.5. The second kappa shape index (κ2) is 6.41. The number of carbonyl (C=O) groups excluding carboxylic acids is 1. The summed E-state index contributed by atoms with van der Waals surface area (Å²) in [4.78, 5) is 19.3. The SMILES string of the molecule is CCN(CC)C(=O)C1CC(c2cccc(OC)c2)=NO1.